The Morgan fingerprint density at radius 2 is 1.84 bits per heavy atom. The van der Waals surface area contributed by atoms with Crippen molar-refractivity contribution in [2.45, 2.75) is 33.6 Å². The van der Waals surface area contributed by atoms with Gasteiger partial charge in [-0.1, -0.05) is 31.5 Å². The number of anilines is 1. The fourth-order valence-corrected chi connectivity index (χ4v) is 2.51. The van der Waals surface area contributed by atoms with Crippen LogP contribution in [0.4, 0.5) is 5.69 Å². The lowest BCUT2D eigenvalue weighted by molar-refractivity contribution is -0.127. The van der Waals surface area contributed by atoms with E-state index in [2.05, 4.69) is 24.1 Å². The Hall–Kier alpha value is -1.35. The molecule has 1 aliphatic rings. The number of piperidine rings is 1. The third-order valence-corrected chi connectivity index (χ3v) is 4.26. The standard InChI is InChI=1S/C16H24N2O/c1-4-18-11-9-16(3,10-12-18)15(19)17-14-7-5-13(2)6-8-14/h5-8H,4,9-12H2,1-3H3,(H,17,19). The van der Waals surface area contributed by atoms with Gasteiger partial charge in [0.15, 0.2) is 0 Å². The fourth-order valence-electron chi connectivity index (χ4n) is 2.51. The number of amides is 1. The van der Waals surface area contributed by atoms with Gasteiger partial charge < -0.3 is 10.2 Å². The lowest BCUT2D eigenvalue weighted by Crippen LogP contribution is -2.44. The third-order valence-electron chi connectivity index (χ3n) is 4.26. The van der Waals surface area contributed by atoms with Crippen LogP contribution in [0, 0.1) is 12.3 Å². The Labute approximate surface area is 116 Å². The molecule has 0 aliphatic carbocycles. The third kappa shape index (κ3) is 3.35. The SMILES string of the molecule is CCN1CCC(C)(C(=O)Nc2ccc(C)cc2)CC1. The number of hydrogen-bond acceptors (Lipinski definition) is 2. The van der Waals surface area contributed by atoms with Crippen LogP contribution in [0.15, 0.2) is 24.3 Å². The molecule has 0 aromatic heterocycles. The molecule has 1 aromatic carbocycles. The van der Waals surface area contributed by atoms with Crippen molar-refractivity contribution in [3.05, 3.63) is 29.8 Å². The molecule has 3 heteroatoms. The van der Waals surface area contributed by atoms with Crippen molar-refractivity contribution in [2.75, 3.05) is 25.0 Å². The summed E-state index contributed by atoms with van der Waals surface area (Å²) in [7, 11) is 0. The molecule has 2 rings (SSSR count). The number of nitrogens with one attached hydrogen (secondary N) is 1. The Morgan fingerprint density at radius 1 is 1.26 bits per heavy atom. The molecule has 1 aromatic rings. The summed E-state index contributed by atoms with van der Waals surface area (Å²) in [4.78, 5) is 14.8. The van der Waals surface area contributed by atoms with E-state index in [1.165, 1.54) is 5.56 Å². The van der Waals surface area contributed by atoms with Gasteiger partial charge in [-0.05, 0) is 51.5 Å². The minimum atomic E-state index is -0.226. The first kappa shape index (κ1) is 14.1. The van der Waals surface area contributed by atoms with E-state index in [0.717, 1.165) is 38.2 Å². The van der Waals surface area contributed by atoms with E-state index >= 15 is 0 Å². The molecule has 1 fully saturated rings. The molecule has 104 valence electrons. The summed E-state index contributed by atoms with van der Waals surface area (Å²) in [6.07, 6.45) is 1.89. The van der Waals surface area contributed by atoms with Crippen LogP contribution in [0.2, 0.25) is 0 Å². The Balaban J connectivity index is 1.97. The fraction of sp³-hybridized carbons (Fsp3) is 0.562. The number of carbonyl (C=O) groups excluding carboxylic acids is 1. The van der Waals surface area contributed by atoms with E-state index in [0.29, 0.717) is 0 Å². The van der Waals surface area contributed by atoms with Crippen LogP contribution in [0.1, 0.15) is 32.3 Å². The van der Waals surface area contributed by atoms with E-state index in [1.54, 1.807) is 0 Å². The zero-order valence-electron chi connectivity index (χ0n) is 12.2. The molecule has 0 atom stereocenters. The number of rotatable bonds is 3. The Kier molecular flexibility index (Phi) is 4.25. The highest BCUT2D eigenvalue weighted by Crippen LogP contribution is 2.32. The first-order valence-corrected chi connectivity index (χ1v) is 7.14. The normalized spacial score (nSPS) is 19.1. The monoisotopic (exact) mass is 260 g/mol. The van der Waals surface area contributed by atoms with Crippen LogP contribution in [0.5, 0.6) is 0 Å². The van der Waals surface area contributed by atoms with E-state index in [1.807, 2.05) is 31.2 Å². The zero-order valence-corrected chi connectivity index (χ0v) is 12.2. The van der Waals surface area contributed by atoms with Crippen molar-refractivity contribution in [1.29, 1.82) is 0 Å². The molecule has 0 radical (unpaired) electrons. The van der Waals surface area contributed by atoms with Gasteiger partial charge in [-0.2, -0.15) is 0 Å². The molecular weight excluding hydrogens is 236 g/mol. The van der Waals surface area contributed by atoms with Gasteiger partial charge in [-0.15, -0.1) is 0 Å². The highest BCUT2D eigenvalue weighted by atomic mass is 16.2. The predicted octanol–water partition coefficient (Wildman–Crippen LogP) is 3.06. The van der Waals surface area contributed by atoms with Crippen molar-refractivity contribution in [3.63, 3.8) is 0 Å². The molecule has 1 amide bonds. The largest absolute Gasteiger partial charge is 0.326 e. The van der Waals surface area contributed by atoms with Crippen molar-refractivity contribution in [2.24, 2.45) is 5.41 Å². The second-order valence-corrected chi connectivity index (χ2v) is 5.82. The maximum Gasteiger partial charge on any atom is 0.230 e. The second-order valence-electron chi connectivity index (χ2n) is 5.82. The first-order chi connectivity index (χ1) is 9.03. The summed E-state index contributed by atoms with van der Waals surface area (Å²) >= 11 is 0. The average molecular weight is 260 g/mol. The van der Waals surface area contributed by atoms with Gasteiger partial charge >= 0.3 is 0 Å². The molecule has 1 N–H and O–H groups in total. The minimum absolute atomic E-state index is 0.159. The minimum Gasteiger partial charge on any atom is -0.326 e. The van der Waals surface area contributed by atoms with Gasteiger partial charge in [0.2, 0.25) is 5.91 Å². The summed E-state index contributed by atoms with van der Waals surface area (Å²) in [6.45, 7) is 9.43. The van der Waals surface area contributed by atoms with E-state index in [4.69, 9.17) is 0 Å². The molecule has 19 heavy (non-hydrogen) atoms. The number of nitrogens with zero attached hydrogens (tertiary/aromatic N) is 1. The molecule has 1 aliphatic heterocycles. The highest BCUT2D eigenvalue weighted by Gasteiger charge is 2.36. The molecule has 3 nitrogen and oxygen atoms in total. The lowest BCUT2D eigenvalue weighted by atomic mass is 9.79. The molecule has 0 bridgehead atoms. The summed E-state index contributed by atoms with van der Waals surface area (Å²) in [5.74, 6) is 0.159. The topological polar surface area (TPSA) is 32.3 Å². The summed E-state index contributed by atoms with van der Waals surface area (Å²) in [6, 6.07) is 7.99. The van der Waals surface area contributed by atoms with Gasteiger partial charge in [0.1, 0.15) is 0 Å². The second kappa shape index (κ2) is 5.74. The summed E-state index contributed by atoms with van der Waals surface area (Å²) in [5.41, 5.74) is 1.88. The van der Waals surface area contributed by atoms with Crippen LogP contribution in [-0.4, -0.2) is 30.4 Å². The van der Waals surface area contributed by atoms with Crippen LogP contribution < -0.4 is 5.32 Å². The number of carbonyl (C=O) groups is 1. The number of hydrogen-bond donors (Lipinski definition) is 1. The van der Waals surface area contributed by atoms with Gasteiger partial charge in [0.25, 0.3) is 0 Å². The molecule has 1 heterocycles. The van der Waals surface area contributed by atoms with Crippen LogP contribution >= 0.6 is 0 Å². The van der Waals surface area contributed by atoms with Gasteiger partial charge in [-0.25, -0.2) is 0 Å². The molecule has 0 saturated carbocycles. The molecule has 0 spiro atoms. The van der Waals surface area contributed by atoms with Gasteiger partial charge in [-0.3, -0.25) is 4.79 Å². The van der Waals surface area contributed by atoms with Crippen LogP contribution in [-0.2, 0) is 4.79 Å². The van der Waals surface area contributed by atoms with E-state index in [9.17, 15) is 4.79 Å². The van der Waals surface area contributed by atoms with Gasteiger partial charge in [0.05, 0.1) is 0 Å². The van der Waals surface area contributed by atoms with Gasteiger partial charge in [0, 0.05) is 11.1 Å². The molecular formula is C16H24N2O. The van der Waals surface area contributed by atoms with E-state index < -0.39 is 0 Å². The number of likely N-dealkylation sites (tertiary alicyclic amines) is 1. The summed E-state index contributed by atoms with van der Waals surface area (Å²) in [5, 5.41) is 3.05. The smallest absolute Gasteiger partial charge is 0.230 e. The van der Waals surface area contributed by atoms with Crippen molar-refractivity contribution in [1.82, 2.24) is 4.90 Å². The predicted molar refractivity (Wildman–Crippen MR) is 79.3 cm³/mol. The number of benzene rings is 1. The Bertz CT molecular complexity index is 431. The molecule has 1 saturated heterocycles. The summed E-state index contributed by atoms with van der Waals surface area (Å²) < 4.78 is 0. The quantitative estimate of drug-likeness (QED) is 0.906. The number of aryl methyl sites for hydroxylation is 1. The average Bonchev–Trinajstić information content (AvgIpc) is 2.42. The maximum absolute atomic E-state index is 12.4. The first-order valence-electron chi connectivity index (χ1n) is 7.14. The van der Waals surface area contributed by atoms with Crippen LogP contribution in [0.25, 0.3) is 0 Å². The zero-order chi connectivity index (χ0) is 13.9. The van der Waals surface area contributed by atoms with E-state index in [-0.39, 0.29) is 11.3 Å². The molecule has 0 unspecified atom stereocenters. The van der Waals surface area contributed by atoms with Crippen LogP contribution in [0.3, 0.4) is 0 Å². The van der Waals surface area contributed by atoms with Crippen molar-refractivity contribution < 1.29 is 4.79 Å². The maximum atomic E-state index is 12.4. The van der Waals surface area contributed by atoms with Crippen molar-refractivity contribution >= 4 is 11.6 Å². The van der Waals surface area contributed by atoms with Crippen molar-refractivity contribution in [3.8, 4) is 0 Å². The lowest BCUT2D eigenvalue weighted by Gasteiger charge is -2.37. The highest BCUT2D eigenvalue weighted by molar-refractivity contribution is 5.95. The Morgan fingerprint density at radius 3 is 2.37 bits per heavy atom.